The third-order valence-electron chi connectivity index (χ3n) is 3.77. The molecule has 1 fully saturated rings. The van der Waals surface area contributed by atoms with Crippen molar-refractivity contribution < 1.29 is 4.92 Å². The lowest BCUT2D eigenvalue weighted by Gasteiger charge is -2.29. The van der Waals surface area contributed by atoms with E-state index in [4.69, 9.17) is 5.26 Å². The van der Waals surface area contributed by atoms with Crippen molar-refractivity contribution in [3.63, 3.8) is 0 Å². The highest BCUT2D eigenvalue weighted by Gasteiger charge is 2.26. The summed E-state index contributed by atoms with van der Waals surface area (Å²) in [5.41, 5.74) is -0.129. The van der Waals surface area contributed by atoms with Gasteiger partial charge >= 0.3 is 5.69 Å². The van der Waals surface area contributed by atoms with E-state index in [1.54, 1.807) is 0 Å². The van der Waals surface area contributed by atoms with Gasteiger partial charge in [-0.05, 0) is 44.8 Å². The topological polar surface area (TPSA) is 95.1 Å². The van der Waals surface area contributed by atoms with Gasteiger partial charge in [0.1, 0.15) is 11.6 Å². The van der Waals surface area contributed by atoms with Crippen LogP contribution >= 0.6 is 0 Å². The highest BCUT2D eigenvalue weighted by atomic mass is 16.6. The Balaban J connectivity index is 2.29. The lowest BCUT2D eigenvalue weighted by atomic mass is 9.99. The second-order valence-electron chi connectivity index (χ2n) is 5.15. The molecule has 7 heteroatoms. The molecule has 1 aromatic heterocycles. The van der Waals surface area contributed by atoms with Gasteiger partial charge in [-0.25, -0.2) is 4.98 Å². The maximum absolute atomic E-state index is 11.3. The number of rotatable bonds is 5. The molecule has 0 spiro atoms. The number of hydrogen-bond acceptors (Lipinski definition) is 6. The minimum Gasteiger partial charge on any atom is -0.351 e. The smallest absolute Gasteiger partial charge is 0.329 e. The predicted molar refractivity (Wildman–Crippen MR) is 79.1 cm³/mol. The largest absolute Gasteiger partial charge is 0.351 e. The van der Waals surface area contributed by atoms with Crippen LogP contribution in [-0.4, -0.2) is 36.1 Å². The molecule has 0 bridgehead atoms. The third kappa shape index (κ3) is 3.47. The Morgan fingerprint density at radius 3 is 3.05 bits per heavy atom. The van der Waals surface area contributed by atoms with E-state index >= 15 is 0 Å². The molecule has 0 aliphatic carbocycles. The lowest BCUT2D eigenvalue weighted by molar-refractivity contribution is -0.384. The normalized spacial score (nSPS) is 18.0. The van der Waals surface area contributed by atoms with Crippen LogP contribution in [-0.2, 0) is 0 Å². The van der Waals surface area contributed by atoms with Gasteiger partial charge in [-0.1, -0.05) is 0 Å². The zero-order valence-electron chi connectivity index (χ0n) is 12.1. The van der Waals surface area contributed by atoms with E-state index in [2.05, 4.69) is 10.3 Å². The number of nitrogens with zero attached hydrogens (tertiary/aromatic N) is 4. The molecule has 1 unspecified atom stereocenters. The average molecular weight is 289 g/mol. The summed E-state index contributed by atoms with van der Waals surface area (Å²) in [6.45, 7) is 5.24. The Labute approximate surface area is 123 Å². The molecule has 1 aromatic rings. The highest BCUT2D eigenvalue weighted by Crippen LogP contribution is 2.30. The zero-order valence-corrected chi connectivity index (χ0v) is 12.1. The second kappa shape index (κ2) is 6.99. The Hall–Kier alpha value is -2.20. The predicted octanol–water partition coefficient (Wildman–Crippen LogP) is 1.69. The van der Waals surface area contributed by atoms with Crippen molar-refractivity contribution in [1.82, 2.24) is 10.3 Å². The second-order valence-corrected chi connectivity index (χ2v) is 5.15. The summed E-state index contributed by atoms with van der Waals surface area (Å²) in [7, 11) is 0. The van der Waals surface area contributed by atoms with E-state index in [1.807, 2.05) is 17.9 Å². The van der Waals surface area contributed by atoms with Gasteiger partial charge in [-0.2, -0.15) is 5.26 Å². The third-order valence-corrected chi connectivity index (χ3v) is 3.77. The van der Waals surface area contributed by atoms with E-state index in [0.717, 1.165) is 25.9 Å². The first kappa shape index (κ1) is 15.2. The summed E-state index contributed by atoms with van der Waals surface area (Å²) >= 11 is 0. The fourth-order valence-corrected chi connectivity index (χ4v) is 2.70. The van der Waals surface area contributed by atoms with Crippen LogP contribution in [0.15, 0.2) is 12.3 Å². The van der Waals surface area contributed by atoms with Crippen LogP contribution < -0.4 is 10.2 Å². The molecule has 112 valence electrons. The number of aromatic nitrogens is 1. The van der Waals surface area contributed by atoms with Crippen molar-refractivity contribution in [2.24, 2.45) is 5.92 Å². The molecule has 1 atom stereocenters. The first-order valence-electron chi connectivity index (χ1n) is 7.16. The first-order chi connectivity index (χ1) is 10.2. The Bertz CT molecular complexity index is 549. The van der Waals surface area contributed by atoms with Crippen molar-refractivity contribution in [3.8, 4) is 6.07 Å². The van der Waals surface area contributed by atoms with E-state index in [-0.39, 0.29) is 11.3 Å². The van der Waals surface area contributed by atoms with Crippen LogP contribution in [0.1, 0.15) is 25.3 Å². The number of nitriles is 1. The van der Waals surface area contributed by atoms with Gasteiger partial charge in [-0.3, -0.25) is 10.1 Å². The number of anilines is 1. The summed E-state index contributed by atoms with van der Waals surface area (Å²) in [4.78, 5) is 16.8. The van der Waals surface area contributed by atoms with Gasteiger partial charge in [0.2, 0.25) is 5.82 Å². The molecule has 0 amide bonds. The standard InChI is InChI=1S/C14H19N5O2/c1-2-18(10-11-4-3-6-16-9-11)14-13(19(20)21)12(8-15)5-7-17-14/h5,7,11,16H,2-4,6,9-10H2,1H3. The number of nitro groups is 1. The van der Waals surface area contributed by atoms with Crippen LogP contribution in [0.3, 0.4) is 0 Å². The zero-order chi connectivity index (χ0) is 15.2. The van der Waals surface area contributed by atoms with Crippen LogP contribution in [0.4, 0.5) is 11.5 Å². The molecule has 21 heavy (non-hydrogen) atoms. The summed E-state index contributed by atoms with van der Waals surface area (Å²) in [6.07, 6.45) is 3.69. The highest BCUT2D eigenvalue weighted by molar-refractivity contribution is 5.65. The molecule has 0 saturated carbocycles. The van der Waals surface area contributed by atoms with E-state index in [1.165, 1.54) is 12.3 Å². The molecular formula is C14H19N5O2. The molecule has 1 saturated heterocycles. The molecule has 1 aliphatic heterocycles. The van der Waals surface area contributed by atoms with Crippen molar-refractivity contribution in [1.29, 1.82) is 5.26 Å². The number of nitrogens with one attached hydrogen (secondary N) is 1. The maximum Gasteiger partial charge on any atom is 0.329 e. The molecule has 2 heterocycles. The SMILES string of the molecule is CCN(CC1CCCNC1)c1nccc(C#N)c1[N+](=O)[O-]. The average Bonchev–Trinajstić information content (AvgIpc) is 2.52. The van der Waals surface area contributed by atoms with E-state index < -0.39 is 4.92 Å². The molecule has 1 aliphatic rings. The van der Waals surface area contributed by atoms with Crippen LogP contribution in [0.5, 0.6) is 0 Å². The van der Waals surface area contributed by atoms with Crippen LogP contribution in [0.25, 0.3) is 0 Å². The molecule has 2 rings (SSSR count). The van der Waals surface area contributed by atoms with E-state index in [9.17, 15) is 10.1 Å². The fraction of sp³-hybridized carbons (Fsp3) is 0.571. The summed E-state index contributed by atoms with van der Waals surface area (Å²) < 4.78 is 0. The number of pyridine rings is 1. The molecule has 0 radical (unpaired) electrons. The Kier molecular flexibility index (Phi) is 5.06. The summed E-state index contributed by atoms with van der Waals surface area (Å²) in [5, 5.41) is 23.7. The summed E-state index contributed by atoms with van der Waals surface area (Å²) in [6, 6.07) is 3.27. The fourth-order valence-electron chi connectivity index (χ4n) is 2.70. The lowest BCUT2D eigenvalue weighted by Crippen LogP contribution is -2.38. The van der Waals surface area contributed by atoms with Crippen molar-refractivity contribution in [3.05, 3.63) is 27.9 Å². The number of hydrogen-bond donors (Lipinski definition) is 1. The van der Waals surface area contributed by atoms with Crippen molar-refractivity contribution in [2.75, 3.05) is 31.1 Å². The number of piperidine rings is 1. The van der Waals surface area contributed by atoms with Gasteiger partial charge in [-0.15, -0.1) is 0 Å². The van der Waals surface area contributed by atoms with Crippen LogP contribution in [0, 0.1) is 27.4 Å². The van der Waals surface area contributed by atoms with Crippen molar-refractivity contribution in [2.45, 2.75) is 19.8 Å². The molecule has 0 aromatic carbocycles. The monoisotopic (exact) mass is 289 g/mol. The Morgan fingerprint density at radius 1 is 1.67 bits per heavy atom. The van der Waals surface area contributed by atoms with Gasteiger partial charge in [0, 0.05) is 19.3 Å². The minimum absolute atomic E-state index is 0.0604. The van der Waals surface area contributed by atoms with Gasteiger partial charge in [0.15, 0.2) is 0 Å². The minimum atomic E-state index is -0.511. The molecule has 1 N–H and O–H groups in total. The quantitative estimate of drug-likeness (QED) is 0.654. The van der Waals surface area contributed by atoms with Crippen molar-refractivity contribution >= 4 is 11.5 Å². The first-order valence-corrected chi connectivity index (χ1v) is 7.16. The van der Waals surface area contributed by atoms with E-state index in [0.29, 0.717) is 24.8 Å². The van der Waals surface area contributed by atoms with Gasteiger partial charge in [0.25, 0.3) is 0 Å². The molecule has 7 nitrogen and oxygen atoms in total. The van der Waals surface area contributed by atoms with Crippen LogP contribution in [0.2, 0.25) is 0 Å². The maximum atomic E-state index is 11.3. The van der Waals surface area contributed by atoms with Gasteiger partial charge in [0.05, 0.1) is 4.92 Å². The summed E-state index contributed by atoms with van der Waals surface area (Å²) in [5.74, 6) is 0.748. The Morgan fingerprint density at radius 2 is 2.48 bits per heavy atom. The molecular weight excluding hydrogens is 270 g/mol. The van der Waals surface area contributed by atoms with Gasteiger partial charge < -0.3 is 10.2 Å².